The number of hydrogen-bond acceptors (Lipinski definition) is 2. The van der Waals surface area contributed by atoms with Crippen LogP contribution < -0.4 is 5.32 Å². The second-order valence-corrected chi connectivity index (χ2v) is 4.40. The zero-order chi connectivity index (χ0) is 12.4. The number of rotatable bonds is 9. The van der Waals surface area contributed by atoms with E-state index in [1.165, 1.54) is 0 Å². The first-order chi connectivity index (χ1) is 7.69. The van der Waals surface area contributed by atoms with E-state index in [-0.39, 0.29) is 24.5 Å². The first-order valence-corrected chi connectivity index (χ1v) is 6.60. The predicted molar refractivity (Wildman–Crippen MR) is 67.2 cm³/mol. The summed E-state index contributed by atoms with van der Waals surface area (Å²) in [6.07, 6.45) is 5.58. The van der Waals surface area contributed by atoms with E-state index in [9.17, 15) is 4.79 Å². The average Bonchev–Trinajstić information content (AvgIpc) is 2.28. The second kappa shape index (κ2) is 9.64. The summed E-state index contributed by atoms with van der Waals surface area (Å²) in [7, 11) is 0. The first-order valence-electron chi connectivity index (χ1n) is 6.60. The molecule has 96 valence electrons. The van der Waals surface area contributed by atoms with Crippen molar-refractivity contribution in [2.24, 2.45) is 5.92 Å². The highest BCUT2D eigenvalue weighted by Gasteiger charge is 2.18. The van der Waals surface area contributed by atoms with Crippen LogP contribution in [0.5, 0.6) is 0 Å². The summed E-state index contributed by atoms with van der Waals surface area (Å²) in [5.41, 5.74) is 0. The molecule has 0 aromatic rings. The van der Waals surface area contributed by atoms with Crippen molar-refractivity contribution in [2.45, 2.75) is 65.3 Å². The summed E-state index contributed by atoms with van der Waals surface area (Å²) in [5, 5.41) is 11.9. The van der Waals surface area contributed by atoms with Crippen molar-refractivity contribution >= 4 is 5.91 Å². The molecule has 3 heteroatoms. The molecule has 0 rings (SSSR count). The van der Waals surface area contributed by atoms with Crippen LogP contribution in [0.2, 0.25) is 0 Å². The van der Waals surface area contributed by atoms with E-state index < -0.39 is 0 Å². The normalized spacial score (nSPS) is 12.8. The maximum Gasteiger partial charge on any atom is 0.223 e. The molecule has 3 nitrogen and oxygen atoms in total. The van der Waals surface area contributed by atoms with E-state index in [1.54, 1.807) is 0 Å². The van der Waals surface area contributed by atoms with Gasteiger partial charge in [0, 0.05) is 18.6 Å². The minimum Gasteiger partial charge on any atom is -0.396 e. The highest BCUT2D eigenvalue weighted by Crippen LogP contribution is 2.14. The summed E-state index contributed by atoms with van der Waals surface area (Å²) in [6, 6.07) is 0.133. The second-order valence-electron chi connectivity index (χ2n) is 4.40. The van der Waals surface area contributed by atoms with E-state index in [4.69, 9.17) is 5.11 Å². The lowest BCUT2D eigenvalue weighted by Gasteiger charge is -2.20. The standard InChI is InChI=1S/C13H27NO2/c1-4-7-11(8-5-2)13(16)14-12(6-3)9-10-15/h11-12,15H,4-10H2,1-3H3,(H,14,16). The molecule has 0 bridgehead atoms. The maximum absolute atomic E-state index is 12.0. The smallest absolute Gasteiger partial charge is 0.223 e. The molecule has 0 aliphatic heterocycles. The van der Waals surface area contributed by atoms with Crippen LogP contribution in [0.25, 0.3) is 0 Å². The van der Waals surface area contributed by atoms with Gasteiger partial charge in [0.2, 0.25) is 5.91 Å². The highest BCUT2D eigenvalue weighted by molar-refractivity contribution is 5.78. The molecule has 1 unspecified atom stereocenters. The van der Waals surface area contributed by atoms with Gasteiger partial charge in [-0.1, -0.05) is 33.6 Å². The van der Waals surface area contributed by atoms with Gasteiger partial charge in [0.25, 0.3) is 0 Å². The number of amides is 1. The molecule has 0 saturated carbocycles. The van der Waals surface area contributed by atoms with Gasteiger partial charge >= 0.3 is 0 Å². The number of hydrogen-bond donors (Lipinski definition) is 2. The van der Waals surface area contributed by atoms with Crippen LogP contribution in [0, 0.1) is 5.92 Å². The maximum atomic E-state index is 12.0. The average molecular weight is 229 g/mol. The fourth-order valence-electron chi connectivity index (χ4n) is 1.96. The minimum absolute atomic E-state index is 0.133. The first kappa shape index (κ1) is 15.4. The fraction of sp³-hybridized carbons (Fsp3) is 0.923. The van der Waals surface area contributed by atoms with Gasteiger partial charge in [-0.3, -0.25) is 4.79 Å². The Balaban J connectivity index is 4.14. The van der Waals surface area contributed by atoms with E-state index >= 15 is 0 Å². The van der Waals surface area contributed by atoms with E-state index in [2.05, 4.69) is 19.2 Å². The Kier molecular flexibility index (Phi) is 9.30. The Morgan fingerprint density at radius 1 is 1.12 bits per heavy atom. The lowest BCUT2D eigenvalue weighted by molar-refractivity contribution is -0.126. The van der Waals surface area contributed by atoms with Crippen molar-refractivity contribution in [2.75, 3.05) is 6.61 Å². The molecular weight excluding hydrogens is 202 g/mol. The van der Waals surface area contributed by atoms with Gasteiger partial charge in [0.05, 0.1) is 0 Å². The Morgan fingerprint density at radius 2 is 1.69 bits per heavy atom. The van der Waals surface area contributed by atoms with Gasteiger partial charge in [-0.05, 0) is 25.7 Å². The molecule has 0 aromatic heterocycles. The monoisotopic (exact) mass is 229 g/mol. The summed E-state index contributed by atoms with van der Waals surface area (Å²) < 4.78 is 0. The minimum atomic E-state index is 0.133. The summed E-state index contributed by atoms with van der Waals surface area (Å²) in [5.74, 6) is 0.326. The topological polar surface area (TPSA) is 49.3 Å². The molecule has 1 amide bonds. The molecule has 2 N–H and O–H groups in total. The van der Waals surface area contributed by atoms with Gasteiger partial charge in [0.15, 0.2) is 0 Å². The molecule has 0 saturated heterocycles. The van der Waals surface area contributed by atoms with Gasteiger partial charge in [-0.2, -0.15) is 0 Å². The molecule has 0 aliphatic rings. The summed E-state index contributed by atoms with van der Waals surface area (Å²) in [4.78, 5) is 12.0. The van der Waals surface area contributed by atoms with Crippen LogP contribution in [0.1, 0.15) is 59.3 Å². The molecule has 1 atom stereocenters. The number of aliphatic hydroxyl groups excluding tert-OH is 1. The highest BCUT2D eigenvalue weighted by atomic mass is 16.3. The van der Waals surface area contributed by atoms with Crippen molar-refractivity contribution in [1.82, 2.24) is 5.32 Å². The fourth-order valence-corrected chi connectivity index (χ4v) is 1.96. The molecule has 0 aromatic carbocycles. The van der Waals surface area contributed by atoms with Crippen LogP contribution in [-0.2, 0) is 4.79 Å². The number of carbonyl (C=O) groups is 1. The lowest BCUT2D eigenvalue weighted by atomic mass is 9.96. The molecular formula is C13H27NO2. The van der Waals surface area contributed by atoms with Crippen molar-refractivity contribution in [3.05, 3.63) is 0 Å². The summed E-state index contributed by atoms with van der Waals surface area (Å²) in [6.45, 7) is 6.40. The Morgan fingerprint density at radius 3 is 2.06 bits per heavy atom. The molecule has 0 aliphatic carbocycles. The van der Waals surface area contributed by atoms with Crippen molar-refractivity contribution in [1.29, 1.82) is 0 Å². The third-order valence-corrected chi connectivity index (χ3v) is 2.96. The van der Waals surface area contributed by atoms with Gasteiger partial charge in [-0.15, -0.1) is 0 Å². The third kappa shape index (κ3) is 6.11. The van der Waals surface area contributed by atoms with E-state index in [0.29, 0.717) is 6.42 Å². The zero-order valence-electron chi connectivity index (χ0n) is 11.0. The number of carbonyl (C=O) groups excluding carboxylic acids is 1. The number of nitrogens with one attached hydrogen (secondary N) is 1. The van der Waals surface area contributed by atoms with Crippen molar-refractivity contribution < 1.29 is 9.90 Å². The van der Waals surface area contributed by atoms with Crippen LogP contribution in [-0.4, -0.2) is 23.7 Å². The summed E-state index contributed by atoms with van der Waals surface area (Å²) >= 11 is 0. The van der Waals surface area contributed by atoms with Crippen LogP contribution in [0.15, 0.2) is 0 Å². The molecule has 0 heterocycles. The Labute approximate surface area is 99.6 Å². The largest absolute Gasteiger partial charge is 0.396 e. The van der Waals surface area contributed by atoms with Crippen LogP contribution in [0.4, 0.5) is 0 Å². The SMILES string of the molecule is CCCC(CCC)C(=O)NC(CC)CCO. The van der Waals surface area contributed by atoms with Crippen LogP contribution in [0.3, 0.4) is 0 Å². The quantitative estimate of drug-likeness (QED) is 0.638. The van der Waals surface area contributed by atoms with Crippen molar-refractivity contribution in [3.8, 4) is 0 Å². The zero-order valence-corrected chi connectivity index (χ0v) is 11.0. The van der Waals surface area contributed by atoms with E-state index in [1.807, 2.05) is 6.92 Å². The predicted octanol–water partition coefficient (Wildman–Crippen LogP) is 2.48. The van der Waals surface area contributed by atoms with Gasteiger partial charge in [-0.25, -0.2) is 0 Å². The Hall–Kier alpha value is -0.570. The molecule has 0 fully saturated rings. The lowest BCUT2D eigenvalue weighted by Crippen LogP contribution is -2.39. The number of aliphatic hydroxyl groups is 1. The van der Waals surface area contributed by atoms with Gasteiger partial charge < -0.3 is 10.4 Å². The molecule has 0 spiro atoms. The van der Waals surface area contributed by atoms with Crippen LogP contribution >= 0.6 is 0 Å². The van der Waals surface area contributed by atoms with Gasteiger partial charge in [0.1, 0.15) is 0 Å². The van der Waals surface area contributed by atoms with E-state index in [0.717, 1.165) is 32.1 Å². The third-order valence-electron chi connectivity index (χ3n) is 2.96. The molecule has 0 radical (unpaired) electrons. The molecule has 16 heavy (non-hydrogen) atoms. The van der Waals surface area contributed by atoms with Crippen molar-refractivity contribution in [3.63, 3.8) is 0 Å². The Bertz CT molecular complexity index is 177.